The predicted octanol–water partition coefficient (Wildman–Crippen LogP) is 4.09. The second-order valence-corrected chi connectivity index (χ2v) is 7.86. The molecule has 0 heterocycles. The van der Waals surface area contributed by atoms with Crippen LogP contribution in [0, 0.1) is 17.3 Å². The van der Waals surface area contributed by atoms with E-state index >= 15 is 0 Å². The highest BCUT2D eigenvalue weighted by atomic mass is 16.5. The molecule has 1 aromatic carbocycles. The highest BCUT2D eigenvalue weighted by Crippen LogP contribution is 2.66. The first-order valence-electron chi connectivity index (χ1n) is 8.26. The Morgan fingerprint density at radius 3 is 2.43 bits per heavy atom. The van der Waals surface area contributed by atoms with Crippen LogP contribution in [-0.2, 0) is 14.9 Å². The number of methoxy groups -OCH3 is 1. The molecule has 4 fully saturated rings. The second kappa shape index (κ2) is 4.59. The molecule has 112 valence electrons. The minimum Gasteiger partial charge on any atom is -0.469 e. The van der Waals surface area contributed by atoms with Crippen molar-refractivity contribution in [2.45, 2.75) is 50.4 Å². The van der Waals surface area contributed by atoms with E-state index in [4.69, 9.17) is 4.74 Å². The van der Waals surface area contributed by atoms with Crippen LogP contribution in [0.25, 0.3) is 0 Å². The lowest BCUT2D eigenvalue weighted by atomic mass is 9.42. The number of carbonyl (C=O) groups is 1. The van der Waals surface area contributed by atoms with Crippen molar-refractivity contribution in [1.82, 2.24) is 0 Å². The van der Waals surface area contributed by atoms with E-state index in [0.29, 0.717) is 11.8 Å². The van der Waals surface area contributed by atoms with Gasteiger partial charge in [-0.2, -0.15) is 0 Å². The van der Waals surface area contributed by atoms with Crippen LogP contribution >= 0.6 is 0 Å². The summed E-state index contributed by atoms with van der Waals surface area (Å²) in [4.78, 5) is 11.9. The summed E-state index contributed by atoms with van der Waals surface area (Å²) in [7, 11) is 1.52. The van der Waals surface area contributed by atoms with Crippen LogP contribution in [0.2, 0.25) is 0 Å². The fraction of sp³-hybridized carbons (Fsp3) is 0.632. The normalized spacial score (nSPS) is 40.2. The summed E-state index contributed by atoms with van der Waals surface area (Å²) in [6.45, 7) is 0. The Morgan fingerprint density at radius 1 is 1.14 bits per heavy atom. The smallest absolute Gasteiger partial charge is 0.306 e. The average molecular weight is 284 g/mol. The van der Waals surface area contributed by atoms with Gasteiger partial charge in [0.15, 0.2) is 0 Å². The van der Waals surface area contributed by atoms with Crippen LogP contribution in [-0.4, -0.2) is 13.1 Å². The summed E-state index contributed by atoms with van der Waals surface area (Å²) >= 11 is 0. The maximum atomic E-state index is 11.9. The molecule has 0 saturated heterocycles. The lowest BCUT2D eigenvalue weighted by molar-refractivity contribution is -0.150. The van der Waals surface area contributed by atoms with Crippen molar-refractivity contribution in [3.63, 3.8) is 0 Å². The van der Waals surface area contributed by atoms with Crippen molar-refractivity contribution in [1.29, 1.82) is 0 Å². The lowest BCUT2D eigenvalue weighted by Crippen LogP contribution is -2.54. The Morgan fingerprint density at radius 2 is 1.81 bits per heavy atom. The zero-order chi connectivity index (χ0) is 14.5. The number of rotatable bonds is 3. The van der Waals surface area contributed by atoms with Gasteiger partial charge in [0.25, 0.3) is 0 Å². The Hall–Kier alpha value is -1.31. The molecule has 0 aromatic heterocycles. The van der Waals surface area contributed by atoms with Crippen molar-refractivity contribution in [2.75, 3.05) is 7.11 Å². The summed E-state index contributed by atoms with van der Waals surface area (Å²) in [5.41, 5.74) is 2.06. The third-order valence-corrected chi connectivity index (χ3v) is 6.32. The van der Waals surface area contributed by atoms with E-state index in [1.807, 2.05) is 0 Å². The van der Waals surface area contributed by atoms with E-state index in [1.54, 1.807) is 0 Å². The molecule has 4 bridgehead atoms. The largest absolute Gasteiger partial charge is 0.469 e. The molecule has 0 amide bonds. The van der Waals surface area contributed by atoms with Gasteiger partial charge < -0.3 is 4.74 Å². The zero-order valence-electron chi connectivity index (χ0n) is 12.8. The second-order valence-electron chi connectivity index (χ2n) is 7.86. The number of hydrogen-bond acceptors (Lipinski definition) is 2. The third kappa shape index (κ3) is 2.11. The Balaban J connectivity index is 1.70. The lowest BCUT2D eigenvalue weighted by Gasteiger charge is -2.62. The molecule has 5 rings (SSSR count). The van der Waals surface area contributed by atoms with Crippen molar-refractivity contribution in [2.24, 2.45) is 17.3 Å². The predicted molar refractivity (Wildman–Crippen MR) is 81.9 cm³/mol. The van der Waals surface area contributed by atoms with E-state index in [2.05, 4.69) is 30.3 Å². The van der Waals surface area contributed by atoms with Gasteiger partial charge in [-0.3, -0.25) is 4.79 Å². The van der Waals surface area contributed by atoms with Crippen LogP contribution in [0.5, 0.6) is 0 Å². The first-order chi connectivity index (χ1) is 10.1. The molecule has 0 N–H and O–H groups in total. The SMILES string of the molecule is COC(=O)CC12CC3CC(C1)CC(c1ccccc1)(C3)C2. The highest BCUT2D eigenvalue weighted by Gasteiger charge is 2.58. The van der Waals surface area contributed by atoms with Crippen molar-refractivity contribution in [3.05, 3.63) is 35.9 Å². The quantitative estimate of drug-likeness (QED) is 0.782. The van der Waals surface area contributed by atoms with Crippen molar-refractivity contribution < 1.29 is 9.53 Å². The monoisotopic (exact) mass is 284 g/mol. The van der Waals surface area contributed by atoms with E-state index in [1.165, 1.54) is 51.2 Å². The van der Waals surface area contributed by atoms with Gasteiger partial charge in [0.2, 0.25) is 0 Å². The van der Waals surface area contributed by atoms with Crippen molar-refractivity contribution >= 4 is 5.97 Å². The molecule has 2 atom stereocenters. The van der Waals surface area contributed by atoms with Gasteiger partial charge in [-0.1, -0.05) is 30.3 Å². The van der Waals surface area contributed by atoms with Gasteiger partial charge in [0.1, 0.15) is 0 Å². The fourth-order valence-corrected chi connectivity index (χ4v) is 6.17. The summed E-state index contributed by atoms with van der Waals surface area (Å²) in [6.07, 6.45) is 8.35. The fourth-order valence-electron chi connectivity index (χ4n) is 6.17. The van der Waals surface area contributed by atoms with Gasteiger partial charge in [-0.15, -0.1) is 0 Å². The first-order valence-corrected chi connectivity index (χ1v) is 8.26. The minimum absolute atomic E-state index is 0.0137. The number of ether oxygens (including phenoxy) is 1. The van der Waals surface area contributed by atoms with E-state index in [-0.39, 0.29) is 11.4 Å². The molecule has 0 radical (unpaired) electrons. The molecule has 4 aliphatic rings. The first kappa shape index (κ1) is 13.4. The van der Waals surface area contributed by atoms with Gasteiger partial charge in [-0.05, 0) is 66.8 Å². The molecule has 2 unspecified atom stereocenters. The molecule has 0 spiro atoms. The summed E-state index contributed by atoms with van der Waals surface area (Å²) in [5.74, 6) is 1.62. The van der Waals surface area contributed by atoms with E-state index in [9.17, 15) is 4.79 Å². The summed E-state index contributed by atoms with van der Waals surface area (Å²) in [6, 6.07) is 11.0. The van der Waals surface area contributed by atoms with Gasteiger partial charge >= 0.3 is 5.97 Å². The molecule has 2 heteroatoms. The van der Waals surface area contributed by atoms with Crippen molar-refractivity contribution in [3.8, 4) is 0 Å². The number of benzene rings is 1. The van der Waals surface area contributed by atoms with Crippen LogP contribution < -0.4 is 0 Å². The van der Waals surface area contributed by atoms with Gasteiger partial charge in [0, 0.05) is 0 Å². The van der Waals surface area contributed by atoms with Crippen LogP contribution in [0.1, 0.15) is 50.5 Å². The molecule has 2 nitrogen and oxygen atoms in total. The van der Waals surface area contributed by atoms with E-state index in [0.717, 1.165) is 11.8 Å². The van der Waals surface area contributed by atoms with Crippen LogP contribution in [0.4, 0.5) is 0 Å². The molecule has 0 aliphatic heterocycles. The van der Waals surface area contributed by atoms with Gasteiger partial charge in [-0.25, -0.2) is 0 Å². The Bertz CT molecular complexity index is 534. The summed E-state index contributed by atoms with van der Waals surface area (Å²) in [5, 5.41) is 0. The maximum Gasteiger partial charge on any atom is 0.306 e. The topological polar surface area (TPSA) is 26.3 Å². The number of esters is 1. The number of hydrogen-bond donors (Lipinski definition) is 0. The van der Waals surface area contributed by atoms with Crippen LogP contribution in [0.15, 0.2) is 30.3 Å². The Labute approximate surface area is 126 Å². The minimum atomic E-state index is -0.0137. The van der Waals surface area contributed by atoms with Crippen LogP contribution in [0.3, 0.4) is 0 Å². The standard InChI is InChI=1S/C19H24O2/c1-21-17(20)12-18-8-14-7-15(9-18)11-19(10-14,13-18)16-5-3-2-4-6-16/h2-6,14-15H,7-13H2,1H3. The molecule has 1 aromatic rings. The maximum absolute atomic E-state index is 11.9. The number of carbonyl (C=O) groups excluding carboxylic acids is 1. The third-order valence-electron chi connectivity index (χ3n) is 6.32. The summed E-state index contributed by atoms with van der Waals surface area (Å²) < 4.78 is 4.99. The van der Waals surface area contributed by atoms with Gasteiger partial charge in [0.05, 0.1) is 13.5 Å². The molecule has 4 aliphatic carbocycles. The highest BCUT2D eigenvalue weighted by molar-refractivity contribution is 5.70. The molecular formula is C19H24O2. The van der Waals surface area contributed by atoms with E-state index < -0.39 is 0 Å². The zero-order valence-corrected chi connectivity index (χ0v) is 12.8. The molecule has 4 saturated carbocycles. The molecular weight excluding hydrogens is 260 g/mol. The molecule has 21 heavy (non-hydrogen) atoms. The Kier molecular flexibility index (Phi) is 2.92. The average Bonchev–Trinajstić information content (AvgIpc) is 2.46.